The van der Waals surface area contributed by atoms with Crippen LogP contribution in [-0.4, -0.2) is 33.9 Å². The maximum absolute atomic E-state index is 12.2. The number of nitrogens with one attached hydrogen (secondary N) is 1. The number of hydrogen-bond donors (Lipinski definition) is 1. The molecule has 0 spiro atoms. The Bertz CT molecular complexity index is 665. The number of hydrogen-bond acceptors (Lipinski definition) is 3. The molecule has 3 aliphatic rings. The lowest BCUT2D eigenvalue weighted by molar-refractivity contribution is -0.126. The summed E-state index contributed by atoms with van der Waals surface area (Å²) in [6.07, 6.45) is 7.92. The van der Waals surface area contributed by atoms with E-state index in [0.29, 0.717) is 18.0 Å². The van der Waals surface area contributed by atoms with Crippen LogP contribution in [-0.2, 0) is 11.2 Å². The first-order valence-corrected chi connectivity index (χ1v) is 7.07. The third-order valence-corrected chi connectivity index (χ3v) is 4.03. The fraction of sp³-hybridized carbons (Fsp3) is 0.400. The lowest BCUT2D eigenvalue weighted by Gasteiger charge is -2.08. The first kappa shape index (κ1) is 11.6. The predicted octanol–water partition coefficient (Wildman–Crippen LogP) is 1.91. The van der Waals surface area contributed by atoms with Crippen molar-refractivity contribution in [2.75, 3.05) is 0 Å². The second-order valence-electron chi connectivity index (χ2n) is 5.62. The van der Waals surface area contributed by atoms with Gasteiger partial charge in [0.25, 0.3) is 5.91 Å². The largest absolute Gasteiger partial charge is 0.358 e. The molecule has 5 heteroatoms. The highest BCUT2D eigenvalue weighted by Crippen LogP contribution is 2.31. The number of Topliss-reactive ketones (excluding diaryl/α,β-unsaturated/α-hetero) is 1. The van der Waals surface area contributed by atoms with E-state index in [2.05, 4.69) is 10.1 Å². The van der Waals surface area contributed by atoms with Crippen LogP contribution in [0.15, 0.2) is 16.7 Å². The van der Waals surface area contributed by atoms with Crippen LogP contribution in [0.1, 0.15) is 47.4 Å². The van der Waals surface area contributed by atoms with Crippen molar-refractivity contribution in [3.05, 3.63) is 28.6 Å². The fourth-order valence-electron chi connectivity index (χ4n) is 2.81. The summed E-state index contributed by atoms with van der Waals surface area (Å²) in [5.41, 5.74) is 3.18. The number of fused-ring (bicyclic) bond motifs is 1. The molecule has 1 amide bonds. The number of H-pyrrole nitrogens is 1. The average molecular weight is 269 g/mol. The van der Waals surface area contributed by atoms with Gasteiger partial charge in [0.2, 0.25) is 0 Å². The van der Waals surface area contributed by atoms with Crippen LogP contribution in [0.25, 0.3) is 6.08 Å². The van der Waals surface area contributed by atoms with Gasteiger partial charge in [-0.1, -0.05) is 0 Å². The number of aromatic nitrogens is 1. The van der Waals surface area contributed by atoms with Crippen LogP contribution in [0.3, 0.4) is 0 Å². The summed E-state index contributed by atoms with van der Waals surface area (Å²) in [7, 11) is 0. The van der Waals surface area contributed by atoms with Crippen molar-refractivity contribution >= 4 is 24.0 Å². The topological polar surface area (TPSA) is 65.5 Å². The molecule has 2 heterocycles. The minimum Gasteiger partial charge on any atom is -0.358 e. The number of amides is 1. The number of nitrogens with zero attached hydrogens (tertiary/aromatic N) is 2. The molecule has 1 aromatic rings. The van der Waals surface area contributed by atoms with Crippen molar-refractivity contribution in [3.8, 4) is 0 Å². The molecule has 102 valence electrons. The molecule has 1 fully saturated rings. The van der Waals surface area contributed by atoms with E-state index in [1.807, 2.05) is 6.07 Å². The molecular weight excluding hydrogens is 254 g/mol. The summed E-state index contributed by atoms with van der Waals surface area (Å²) in [5, 5.41) is 5.73. The molecule has 0 radical (unpaired) electrons. The molecule has 1 N–H and O–H groups in total. The highest BCUT2D eigenvalue weighted by molar-refractivity contribution is 6.18. The Kier molecular flexibility index (Phi) is 2.42. The van der Waals surface area contributed by atoms with E-state index in [1.165, 1.54) is 0 Å². The zero-order valence-corrected chi connectivity index (χ0v) is 11.1. The molecule has 0 bridgehead atoms. The van der Waals surface area contributed by atoms with E-state index in [1.54, 1.807) is 17.3 Å². The minimum absolute atomic E-state index is 0.0357. The second-order valence-corrected chi connectivity index (χ2v) is 5.62. The normalized spacial score (nSPS) is 23.8. The number of ketones is 1. The number of carbonyl (C=O) groups is 2. The average Bonchev–Trinajstić information content (AvgIpc) is 3.08. The summed E-state index contributed by atoms with van der Waals surface area (Å²) in [5.74, 6) is 0.157. The first-order chi connectivity index (χ1) is 9.72. The monoisotopic (exact) mass is 269 g/mol. The summed E-state index contributed by atoms with van der Waals surface area (Å²) in [6.45, 7) is 0. The molecule has 1 saturated carbocycles. The summed E-state index contributed by atoms with van der Waals surface area (Å²) >= 11 is 0. The molecule has 2 aliphatic carbocycles. The van der Waals surface area contributed by atoms with E-state index in [0.717, 1.165) is 42.6 Å². The predicted molar refractivity (Wildman–Crippen MR) is 74.4 cm³/mol. The van der Waals surface area contributed by atoms with Crippen molar-refractivity contribution in [1.82, 2.24) is 9.99 Å². The quantitative estimate of drug-likeness (QED) is 0.833. The molecule has 0 unspecified atom stereocenters. The molecular formula is C15H15N3O2. The van der Waals surface area contributed by atoms with Crippen LogP contribution in [0.5, 0.6) is 0 Å². The van der Waals surface area contributed by atoms with Crippen LogP contribution >= 0.6 is 0 Å². The van der Waals surface area contributed by atoms with Crippen LogP contribution in [0.2, 0.25) is 0 Å². The minimum atomic E-state index is -0.0357. The zero-order valence-electron chi connectivity index (χ0n) is 11.1. The number of aryl methyl sites for hydroxylation is 1. The van der Waals surface area contributed by atoms with Crippen LogP contribution in [0.4, 0.5) is 0 Å². The van der Waals surface area contributed by atoms with Crippen molar-refractivity contribution in [1.29, 1.82) is 0 Å². The Balaban J connectivity index is 1.63. The molecule has 0 aromatic carbocycles. The molecule has 1 aliphatic heterocycles. The summed E-state index contributed by atoms with van der Waals surface area (Å²) in [6, 6.07) is 2.15. The third kappa shape index (κ3) is 1.81. The van der Waals surface area contributed by atoms with Gasteiger partial charge in [-0.3, -0.25) is 9.59 Å². The molecule has 4 rings (SSSR count). The molecule has 0 atom stereocenters. The number of aromatic amines is 1. The highest BCUT2D eigenvalue weighted by atomic mass is 16.2. The molecule has 1 aromatic heterocycles. The van der Waals surface area contributed by atoms with Gasteiger partial charge in [-0.15, -0.1) is 0 Å². The van der Waals surface area contributed by atoms with Gasteiger partial charge < -0.3 is 4.98 Å². The number of carbonyl (C=O) groups excluding carboxylic acids is 2. The summed E-state index contributed by atoms with van der Waals surface area (Å²) in [4.78, 5) is 27.2. The van der Waals surface area contributed by atoms with Gasteiger partial charge in [0.05, 0.1) is 17.8 Å². The first-order valence-electron chi connectivity index (χ1n) is 7.07. The Morgan fingerprint density at radius 3 is 2.90 bits per heavy atom. The van der Waals surface area contributed by atoms with Gasteiger partial charge in [-0.2, -0.15) is 5.10 Å². The molecule has 20 heavy (non-hydrogen) atoms. The second kappa shape index (κ2) is 4.16. The van der Waals surface area contributed by atoms with E-state index in [4.69, 9.17) is 0 Å². The SMILES string of the molecule is O=C1CCCc2[nH]c(C=C3C=NN(C4CC4)C3=O)cc21. The zero-order chi connectivity index (χ0) is 13.7. The van der Waals surface area contributed by atoms with Crippen molar-refractivity contribution in [3.63, 3.8) is 0 Å². The van der Waals surface area contributed by atoms with Crippen molar-refractivity contribution in [2.45, 2.75) is 38.1 Å². The Morgan fingerprint density at radius 1 is 1.30 bits per heavy atom. The smallest absolute Gasteiger partial charge is 0.275 e. The van der Waals surface area contributed by atoms with Crippen LogP contribution in [0, 0.1) is 0 Å². The lowest BCUT2D eigenvalue weighted by atomic mass is 9.97. The Morgan fingerprint density at radius 2 is 2.15 bits per heavy atom. The van der Waals surface area contributed by atoms with Gasteiger partial charge >= 0.3 is 0 Å². The molecule has 5 nitrogen and oxygen atoms in total. The Labute approximate surface area is 116 Å². The highest BCUT2D eigenvalue weighted by Gasteiger charge is 2.36. The van der Waals surface area contributed by atoms with E-state index < -0.39 is 0 Å². The Hall–Kier alpha value is -2.17. The number of rotatable bonds is 2. The van der Waals surface area contributed by atoms with Gasteiger partial charge in [-0.25, -0.2) is 5.01 Å². The van der Waals surface area contributed by atoms with Gasteiger partial charge in [0.1, 0.15) is 0 Å². The number of hydrazone groups is 1. The maximum atomic E-state index is 12.2. The lowest BCUT2D eigenvalue weighted by Crippen LogP contribution is -2.23. The van der Waals surface area contributed by atoms with Crippen molar-refractivity contribution < 1.29 is 9.59 Å². The van der Waals surface area contributed by atoms with Crippen molar-refractivity contribution in [2.24, 2.45) is 5.10 Å². The molecule has 0 saturated heterocycles. The van der Waals surface area contributed by atoms with E-state index in [9.17, 15) is 9.59 Å². The summed E-state index contributed by atoms with van der Waals surface area (Å²) < 4.78 is 0. The standard InChI is InChI=1S/C15H15N3O2/c19-14-3-1-2-13-12(14)7-10(17-13)6-9-8-16-18(15(9)20)11-4-5-11/h6-8,11,17H,1-5H2. The van der Waals surface area contributed by atoms with Crippen LogP contribution < -0.4 is 0 Å². The van der Waals surface area contributed by atoms with Gasteiger partial charge in [-0.05, 0) is 37.8 Å². The third-order valence-electron chi connectivity index (χ3n) is 4.03. The maximum Gasteiger partial charge on any atom is 0.275 e. The van der Waals surface area contributed by atoms with Gasteiger partial charge in [0, 0.05) is 23.4 Å². The fourth-order valence-corrected chi connectivity index (χ4v) is 2.81. The van der Waals surface area contributed by atoms with E-state index in [-0.39, 0.29) is 11.7 Å². The van der Waals surface area contributed by atoms with Gasteiger partial charge in [0.15, 0.2) is 5.78 Å². The van der Waals surface area contributed by atoms with E-state index >= 15 is 0 Å².